The molecule has 0 radical (unpaired) electrons. The fourth-order valence-corrected chi connectivity index (χ4v) is 5.34. The maximum Gasteiger partial charge on any atom is 0.264 e. The lowest BCUT2D eigenvalue weighted by molar-refractivity contribution is -0.139. The van der Waals surface area contributed by atoms with E-state index in [0.717, 1.165) is 44.2 Å². The van der Waals surface area contributed by atoms with Crippen molar-refractivity contribution in [3.8, 4) is 0 Å². The Morgan fingerprint density at radius 2 is 1.57 bits per heavy atom. The van der Waals surface area contributed by atoms with E-state index < -0.39 is 34.3 Å². The number of aryl methyl sites for hydroxylation is 1. The maximum absolute atomic E-state index is 13.7. The number of rotatable bonds is 10. The molecule has 0 aromatic heterocycles. The molecule has 0 saturated carbocycles. The molecule has 3 rings (SSSR count). The van der Waals surface area contributed by atoms with Gasteiger partial charge >= 0.3 is 0 Å². The van der Waals surface area contributed by atoms with E-state index >= 15 is 0 Å². The Hall–Kier alpha value is -3.24. The molecular formula is C27H29BrFN3O4S. The van der Waals surface area contributed by atoms with Crippen LogP contribution >= 0.6 is 15.9 Å². The first kappa shape index (κ1) is 28.3. The zero-order chi connectivity index (χ0) is 27.2. The van der Waals surface area contributed by atoms with Crippen LogP contribution in [0.25, 0.3) is 0 Å². The Bertz CT molecular complexity index is 1330. The molecule has 2 amide bonds. The van der Waals surface area contributed by atoms with Gasteiger partial charge in [0.25, 0.3) is 10.0 Å². The van der Waals surface area contributed by atoms with Gasteiger partial charge in [-0.05, 0) is 74.9 Å². The molecule has 3 aromatic rings. The van der Waals surface area contributed by atoms with Crippen molar-refractivity contribution in [1.82, 2.24) is 10.2 Å². The third kappa shape index (κ3) is 7.17. The van der Waals surface area contributed by atoms with E-state index in [9.17, 15) is 22.4 Å². The summed E-state index contributed by atoms with van der Waals surface area (Å²) >= 11 is 3.38. The van der Waals surface area contributed by atoms with Gasteiger partial charge in [-0.25, -0.2) is 12.8 Å². The summed E-state index contributed by atoms with van der Waals surface area (Å²) in [5, 5.41) is 2.72. The first-order valence-corrected chi connectivity index (χ1v) is 13.9. The number of anilines is 1. The van der Waals surface area contributed by atoms with Crippen molar-refractivity contribution in [3.63, 3.8) is 0 Å². The number of carbonyl (C=O) groups is 2. The third-order valence-electron chi connectivity index (χ3n) is 5.79. The van der Waals surface area contributed by atoms with Crippen LogP contribution in [0.4, 0.5) is 10.1 Å². The van der Waals surface area contributed by atoms with Gasteiger partial charge in [-0.3, -0.25) is 13.9 Å². The number of amides is 2. The number of nitrogens with one attached hydrogen (secondary N) is 1. The van der Waals surface area contributed by atoms with Gasteiger partial charge in [0.2, 0.25) is 11.8 Å². The number of hydrogen-bond donors (Lipinski definition) is 1. The van der Waals surface area contributed by atoms with Gasteiger partial charge in [0.15, 0.2) is 0 Å². The van der Waals surface area contributed by atoms with Crippen molar-refractivity contribution in [3.05, 3.63) is 94.2 Å². The average molecular weight is 591 g/mol. The summed E-state index contributed by atoms with van der Waals surface area (Å²) in [5.74, 6) is -1.49. The summed E-state index contributed by atoms with van der Waals surface area (Å²) < 4.78 is 42.6. The molecule has 0 spiro atoms. The van der Waals surface area contributed by atoms with Gasteiger partial charge in [-0.2, -0.15) is 0 Å². The fourth-order valence-electron chi connectivity index (χ4n) is 3.66. The normalized spacial score (nSPS) is 12.0. The summed E-state index contributed by atoms with van der Waals surface area (Å²) in [5.41, 5.74) is 1.96. The number of halogens is 2. The van der Waals surface area contributed by atoms with Gasteiger partial charge in [0.05, 0.1) is 10.6 Å². The molecule has 0 heterocycles. The summed E-state index contributed by atoms with van der Waals surface area (Å²) in [6, 6.07) is 17.6. The monoisotopic (exact) mass is 589 g/mol. The van der Waals surface area contributed by atoms with Gasteiger partial charge < -0.3 is 10.2 Å². The molecule has 196 valence electrons. The molecule has 0 aliphatic rings. The third-order valence-corrected chi connectivity index (χ3v) is 8.10. The number of hydrogen-bond acceptors (Lipinski definition) is 4. The number of carbonyl (C=O) groups excluding carboxylic acids is 2. The topological polar surface area (TPSA) is 86.8 Å². The molecule has 10 heteroatoms. The van der Waals surface area contributed by atoms with Crippen molar-refractivity contribution < 1.29 is 22.4 Å². The minimum Gasteiger partial charge on any atom is -0.355 e. The van der Waals surface area contributed by atoms with Crippen molar-refractivity contribution in [2.75, 3.05) is 17.4 Å². The number of sulfonamides is 1. The van der Waals surface area contributed by atoms with Crippen LogP contribution in [-0.2, 0) is 26.2 Å². The molecule has 1 unspecified atom stereocenters. The van der Waals surface area contributed by atoms with E-state index in [1.165, 1.54) is 4.90 Å². The van der Waals surface area contributed by atoms with Crippen molar-refractivity contribution in [1.29, 1.82) is 0 Å². The van der Waals surface area contributed by atoms with Gasteiger partial charge in [0.1, 0.15) is 18.4 Å². The molecular weight excluding hydrogens is 561 g/mol. The summed E-state index contributed by atoms with van der Waals surface area (Å²) in [6.07, 6.45) is 0. The van der Waals surface area contributed by atoms with Gasteiger partial charge in [-0.15, -0.1) is 0 Å². The van der Waals surface area contributed by atoms with Crippen LogP contribution in [0, 0.1) is 12.7 Å². The Balaban J connectivity index is 2.01. The molecule has 0 saturated heterocycles. The van der Waals surface area contributed by atoms with E-state index in [0.29, 0.717) is 6.54 Å². The highest BCUT2D eigenvalue weighted by Crippen LogP contribution is 2.25. The Morgan fingerprint density at radius 3 is 2.14 bits per heavy atom. The standard InChI is InChI=1S/C27H29BrFN3O4S/c1-4-30-27(34)20(3)31(17-21-7-9-22(28)10-8-21)26(33)18-32(24-13-5-19(2)6-14-24)37(35,36)25-15-11-23(29)12-16-25/h5-16,20H,4,17-18H2,1-3H3,(H,30,34). The molecule has 0 bridgehead atoms. The maximum atomic E-state index is 13.7. The van der Waals surface area contributed by atoms with Crippen LogP contribution in [0.1, 0.15) is 25.0 Å². The van der Waals surface area contributed by atoms with E-state index in [-0.39, 0.29) is 23.0 Å². The fraction of sp³-hybridized carbons (Fsp3) is 0.259. The van der Waals surface area contributed by atoms with Crippen LogP contribution in [0.15, 0.2) is 82.2 Å². The van der Waals surface area contributed by atoms with Crippen molar-refractivity contribution in [2.24, 2.45) is 0 Å². The number of nitrogens with zero attached hydrogens (tertiary/aromatic N) is 2. The van der Waals surface area contributed by atoms with Gasteiger partial charge in [0, 0.05) is 17.6 Å². The van der Waals surface area contributed by atoms with E-state index in [1.807, 2.05) is 31.2 Å². The largest absolute Gasteiger partial charge is 0.355 e. The predicted octanol–water partition coefficient (Wildman–Crippen LogP) is 4.65. The molecule has 0 fully saturated rings. The van der Waals surface area contributed by atoms with Crippen LogP contribution in [0.2, 0.25) is 0 Å². The van der Waals surface area contributed by atoms with Crippen LogP contribution in [0.5, 0.6) is 0 Å². The zero-order valence-electron chi connectivity index (χ0n) is 20.8. The lowest BCUT2D eigenvalue weighted by atomic mass is 10.1. The number of likely N-dealkylation sites (N-methyl/N-ethyl adjacent to an activating group) is 1. The molecule has 37 heavy (non-hydrogen) atoms. The Morgan fingerprint density at radius 1 is 0.973 bits per heavy atom. The highest BCUT2D eigenvalue weighted by atomic mass is 79.9. The molecule has 3 aromatic carbocycles. The molecule has 0 aliphatic heterocycles. The summed E-state index contributed by atoms with van der Waals surface area (Å²) in [7, 11) is -4.23. The van der Waals surface area contributed by atoms with E-state index in [4.69, 9.17) is 0 Å². The predicted molar refractivity (Wildman–Crippen MR) is 145 cm³/mol. The van der Waals surface area contributed by atoms with Crippen LogP contribution in [0.3, 0.4) is 0 Å². The first-order valence-electron chi connectivity index (χ1n) is 11.7. The lowest BCUT2D eigenvalue weighted by Crippen LogP contribution is -2.51. The Kier molecular flexibility index (Phi) is 9.45. The quantitative estimate of drug-likeness (QED) is 0.373. The summed E-state index contributed by atoms with van der Waals surface area (Å²) in [6.45, 7) is 5.18. The van der Waals surface area contributed by atoms with Crippen LogP contribution in [-0.4, -0.2) is 44.3 Å². The summed E-state index contributed by atoms with van der Waals surface area (Å²) in [4.78, 5) is 27.6. The van der Waals surface area contributed by atoms with E-state index in [1.54, 1.807) is 38.1 Å². The zero-order valence-corrected chi connectivity index (χ0v) is 23.2. The minimum absolute atomic E-state index is 0.0999. The second-order valence-corrected chi connectivity index (χ2v) is 11.3. The molecule has 1 N–H and O–H groups in total. The molecule has 0 aliphatic carbocycles. The highest BCUT2D eigenvalue weighted by Gasteiger charge is 2.32. The van der Waals surface area contributed by atoms with Gasteiger partial charge in [-0.1, -0.05) is 45.8 Å². The van der Waals surface area contributed by atoms with Crippen LogP contribution < -0.4 is 9.62 Å². The second-order valence-electron chi connectivity index (χ2n) is 8.52. The van der Waals surface area contributed by atoms with Crippen molar-refractivity contribution in [2.45, 2.75) is 38.3 Å². The first-order chi connectivity index (χ1) is 17.5. The highest BCUT2D eigenvalue weighted by molar-refractivity contribution is 9.10. The smallest absolute Gasteiger partial charge is 0.264 e. The van der Waals surface area contributed by atoms with E-state index in [2.05, 4.69) is 21.2 Å². The molecule has 1 atom stereocenters. The minimum atomic E-state index is -4.23. The second kappa shape index (κ2) is 12.3. The number of benzene rings is 3. The van der Waals surface area contributed by atoms with Crippen molar-refractivity contribution >= 4 is 43.5 Å². The lowest BCUT2D eigenvalue weighted by Gasteiger charge is -2.32. The molecule has 7 nitrogen and oxygen atoms in total. The Labute approximate surface area is 225 Å². The average Bonchev–Trinajstić information content (AvgIpc) is 2.87. The SMILES string of the molecule is CCNC(=O)C(C)N(Cc1ccc(Br)cc1)C(=O)CN(c1ccc(C)cc1)S(=O)(=O)c1ccc(F)cc1.